The second kappa shape index (κ2) is 8.88. The molecule has 1 aromatic rings. The maximum absolute atomic E-state index is 9.91. The van der Waals surface area contributed by atoms with Crippen molar-refractivity contribution < 1.29 is 9.90 Å². The second-order valence-electron chi connectivity index (χ2n) is 3.49. The number of guanidine groups is 1. The number of rotatable bonds is 0. The number of nitrogens with zero attached hydrogens (tertiary/aromatic N) is 1. The van der Waals surface area contributed by atoms with Gasteiger partial charge in [-0.05, 0) is 11.1 Å². The van der Waals surface area contributed by atoms with Crippen molar-refractivity contribution in [3.05, 3.63) is 41.5 Å². The summed E-state index contributed by atoms with van der Waals surface area (Å²) >= 11 is 0. The largest absolute Gasteiger partial charge is 0.384 e. The van der Waals surface area contributed by atoms with Crippen molar-refractivity contribution in [1.82, 2.24) is 0 Å². The molecule has 1 atom stereocenters. The van der Waals surface area contributed by atoms with Crippen molar-refractivity contribution in [3.63, 3.8) is 0 Å². The van der Waals surface area contributed by atoms with E-state index in [1.807, 2.05) is 44.2 Å². The molecule has 1 aliphatic carbocycles. The Labute approximate surface area is 113 Å². The maximum Gasteiger partial charge on any atom is 0.245 e. The maximum atomic E-state index is 9.91. The Kier molecular flexibility index (Phi) is 7.88. The van der Waals surface area contributed by atoms with Crippen LogP contribution in [-0.2, 0) is 4.79 Å². The molecule has 1 amide bonds. The number of fused-ring (bicyclic) bond motifs is 1. The summed E-state index contributed by atoms with van der Waals surface area (Å²) in [6, 6.07) is 7.86. The molecular weight excluding hydrogens is 242 g/mol. The standard InChI is InChI=1S/C9H8O.C3H7N3O.C2H6/c10-9-6-5-7-3-1-2-4-8(7)9;1-2(7)6-3(4)5;1-2/h1-6,9-10H;1H3,(H4,4,5,6,7);1-2H3. The van der Waals surface area contributed by atoms with Gasteiger partial charge in [0, 0.05) is 6.92 Å². The van der Waals surface area contributed by atoms with E-state index in [-0.39, 0.29) is 18.0 Å². The highest BCUT2D eigenvalue weighted by atomic mass is 16.3. The molecule has 0 saturated heterocycles. The van der Waals surface area contributed by atoms with Gasteiger partial charge in [-0.3, -0.25) is 4.79 Å². The Balaban J connectivity index is 0.000000321. The Hall–Kier alpha value is -2.14. The lowest BCUT2D eigenvalue weighted by Crippen LogP contribution is -2.23. The molecular formula is C14H21N3O2. The van der Waals surface area contributed by atoms with Gasteiger partial charge in [-0.1, -0.05) is 50.3 Å². The lowest BCUT2D eigenvalue weighted by Gasteiger charge is -2.00. The number of carbonyl (C=O) groups excluding carboxylic acids is 1. The Morgan fingerprint density at radius 2 is 1.84 bits per heavy atom. The molecule has 104 valence electrons. The first-order chi connectivity index (χ1) is 9.00. The third-order valence-electron chi connectivity index (χ3n) is 2.06. The highest BCUT2D eigenvalue weighted by Crippen LogP contribution is 2.26. The molecule has 0 heterocycles. The quantitative estimate of drug-likeness (QED) is 0.488. The first-order valence-electron chi connectivity index (χ1n) is 6.06. The number of nitrogens with two attached hydrogens (primary N) is 2. The van der Waals surface area contributed by atoms with Crippen LogP contribution in [0.4, 0.5) is 0 Å². The average Bonchev–Trinajstić information content (AvgIpc) is 2.73. The van der Waals surface area contributed by atoms with Crippen molar-refractivity contribution >= 4 is 17.9 Å². The monoisotopic (exact) mass is 263 g/mol. The smallest absolute Gasteiger partial charge is 0.245 e. The topological polar surface area (TPSA) is 102 Å². The predicted molar refractivity (Wildman–Crippen MR) is 78.3 cm³/mol. The van der Waals surface area contributed by atoms with Gasteiger partial charge in [-0.2, -0.15) is 4.99 Å². The number of aliphatic hydroxyl groups excluding tert-OH is 1. The first-order valence-corrected chi connectivity index (χ1v) is 6.06. The summed E-state index contributed by atoms with van der Waals surface area (Å²) in [4.78, 5) is 13.0. The minimum Gasteiger partial charge on any atom is -0.384 e. The van der Waals surface area contributed by atoms with Crippen molar-refractivity contribution in [2.75, 3.05) is 0 Å². The molecule has 5 N–H and O–H groups in total. The fourth-order valence-electron chi connectivity index (χ4n) is 1.41. The summed E-state index contributed by atoms with van der Waals surface area (Å²) in [5.41, 5.74) is 11.8. The number of aliphatic imine (C=N–C) groups is 1. The predicted octanol–water partition coefficient (Wildman–Crippen LogP) is 1.58. The lowest BCUT2D eigenvalue weighted by atomic mass is 10.1. The zero-order chi connectivity index (χ0) is 14.8. The number of aliphatic hydroxyl groups is 1. The van der Waals surface area contributed by atoms with Crippen LogP contribution >= 0.6 is 0 Å². The summed E-state index contributed by atoms with van der Waals surface area (Å²) in [7, 11) is 0. The third-order valence-corrected chi connectivity index (χ3v) is 2.06. The van der Waals surface area contributed by atoms with Gasteiger partial charge in [0.05, 0.1) is 6.10 Å². The van der Waals surface area contributed by atoms with Crippen LogP contribution in [0.25, 0.3) is 6.08 Å². The zero-order valence-corrected chi connectivity index (χ0v) is 11.5. The first kappa shape index (κ1) is 16.9. The van der Waals surface area contributed by atoms with Crippen molar-refractivity contribution in [2.45, 2.75) is 26.9 Å². The van der Waals surface area contributed by atoms with E-state index in [0.29, 0.717) is 0 Å². The fourth-order valence-corrected chi connectivity index (χ4v) is 1.41. The van der Waals surface area contributed by atoms with Crippen LogP contribution < -0.4 is 11.5 Å². The van der Waals surface area contributed by atoms with Crippen LogP contribution in [0.1, 0.15) is 38.0 Å². The molecule has 0 aromatic heterocycles. The molecule has 2 rings (SSSR count). The molecule has 0 bridgehead atoms. The number of hydrogen-bond acceptors (Lipinski definition) is 2. The summed E-state index contributed by atoms with van der Waals surface area (Å²) in [5, 5.41) is 9.29. The van der Waals surface area contributed by atoms with Gasteiger partial charge < -0.3 is 16.6 Å². The van der Waals surface area contributed by atoms with Gasteiger partial charge in [0.25, 0.3) is 0 Å². The molecule has 0 aliphatic heterocycles. The van der Waals surface area contributed by atoms with E-state index < -0.39 is 0 Å². The third kappa shape index (κ3) is 6.38. The number of benzene rings is 1. The lowest BCUT2D eigenvalue weighted by molar-refractivity contribution is -0.115. The van der Waals surface area contributed by atoms with Crippen molar-refractivity contribution in [2.24, 2.45) is 16.5 Å². The Morgan fingerprint density at radius 1 is 1.26 bits per heavy atom. The Morgan fingerprint density at radius 3 is 2.26 bits per heavy atom. The SMILES string of the molecule is CC.CC(=O)N=C(N)N.OC1C=Cc2ccccc21. The second-order valence-corrected chi connectivity index (χ2v) is 3.49. The molecule has 1 unspecified atom stereocenters. The highest BCUT2D eigenvalue weighted by Gasteiger charge is 2.11. The van der Waals surface area contributed by atoms with E-state index in [1.165, 1.54) is 6.92 Å². The van der Waals surface area contributed by atoms with Gasteiger partial charge in [0.2, 0.25) is 5.91 Å². The summed E-state index contributed by atoms with van der Waals surface area (Å²) in [5.74, 6) is -0.562. The average molecular weight is 263 g/mol. The van der Waals surface area contributed by atoms with Crippen LogP contribution in [0.3, 0.4) is 0 Å². The number of amides is 1. The summed E-state index contributed by atoms with van der Waals surface area (Å²) in [6.07, 6.45) is 3.36. The van der Waals surface area contributed by atoms with Crippen molar-refractivity contribution in [3.8, 4) is 0 Å². The normalized spacial score (nSPS) is 14.2. The molecule has 0 fully saturated rings. The molecule has 5 nitrogen and oxygen atoms in total. The van der Waals surface area contributed by atoms with Crippen LogP contribution in [0.2, 0.25) is 0 Å². The minimum atomic E-state index is -0.379. The van der Waals surface area contributed by atoms with Crippen LogP contribution in [-0.4, -0.2) is 17.0 Å². The zero-order valence-electron chi connectivity index (χ0n) is 11.5. The molecule has 0 saturated carbocycles. The van der Waals surface area contributed by atoms with Gasteiger partial charge in [0.15, 0.2) is 5.96 Å². The molecule has 1 aliphatic rings. The van der Waals surface area contributed by atoms with E-state index in [4.69, 9.17) is 11.5 Å². The molecule has 0 spiro atoms. The van der Waals surface area contributed by atoms with Crippen LogP contribution in [0, 0.1) is 0 Å². The van der Waals surface area contributed by atoms with E-state index in [2.05, 4.69) is 4.99 Å². The minimum absolute atomic E-state index is 0.187. The van der Waals surface area contributed by atoms with E-state index in [1.54, 1.807) is 6.08 Å². The van der Waals surface area contributed by atoms with Gasteiger partial charge in [0.1, 0.15) is 0 Å². The molecule has 5 heteroatoms. The molecule has 19 heavy (non-hydrogen) atoms. The fraction of sp³-hybridized carbons (Fsp3) is 0.286. The summed E-state index contributed by atoms with van der Waals surface area (Å²) < 4.78 is 0. The summed E-state index contributed by atoms with van der Waals surface area (Å²) in [6.45, 7) is 5.28. The van der Waals surface area contributed by atoms with E-state index in [0.717, 1.165) is 11.1 Å². The molecule has 1 aromatic carbocycles. The van der Waals surface area contributed by atoms with Gasteiger partial charge in [-0.15, -0.1) is 0 Å². The number of hydrogen-bond donors (Lipinski definition) is 3. The van der Waals surface area contributed by atoms with E-state index >= 15 is 0 Å². The van der Waals surface area contributed by atoms with E-state index in [9.17, 15) is 9.90 Å². The molecule has 0 radical (unpaired) electrons. The van der Waals surface area contributed by atoms with Crippen molar-refractivity contribution in [1.29, 1.82) is 0 Å². The van der Waals surface area contributed by atoms with Gasteiger partial charge in [-0.25, -0.2) is 0 Å². The number of carbonyl (C=O) groups is 1. The van der Waals surface area contributed by atoms with Crippen LogP contribution in [0.5, 0.6) is 0 Å². The highest BCUT2D eigenvalue weighted by molar-refractivity contribution is 5.90. The Bertz CT molecular complexity index is 464. The van der Waals surface area contributed by atoms with Crippen LogP contribution in [0.15, 0.2) is 35.3 Å². The van der Waals surface area contributed by atoms with Gasteiger partial charge >= 0.3 is 0 Å².